The average Bonchev–Trinajstić information content (AvgIpc) is 3.17. The van der Waals surface area contributed by atoms with Gasteiger partial charge < -0.3 is 9.51 Å². The van der Waals surface area contributed by atoms with Crippen molar-refractivity contribution in [3.05, 3.63) is 79.6 Å². The summed E-state index contributed by atoms with van der Waals surface area (Å²) in [6.07, 6.45) is 3.47. The summed E-state index contributed by atoms with van der Waals surface area (Å²) < 4.78 is 6.74. The van der Waals surface area contributed by atoms with Crippen LogP contribution in [0.5, 0.6) is 0 Å². The number of aromatic nitrogens is 4. The molecule has 0 bridgehead atoms. The lowest BCUT2D eigenvalue weighted by Gasteiger charge is -2.13. The summed E-state index contributed by atoms with van der Waals surface area (Å²) in [6, 6.07) is 12.5. The lowest BCUT2D eigenvalue weighted by atomic mass is 10.1. The van der Waals surface area contributed by atoms with Gasteiger partial charge in [0.1, 0.15) is 0 Å². The van der Waals surface area contributed by atoms with Crippen molar-refractivity contribution in [1.29, 1.82) is 0 Å². The molecule has 0 saturated carbocycles. The van der Waals surface area contributed by atoms with Gasteiger partial charge >= 0.3 is 11.1 Å². The first-order chi connectivity index (χ1) is 13.9. The fourth-order valence-corrected chi connectivity index (χ4v) is 3.28. The Balaban J connectivity index is 1.71. The monoisotopic (exact) mass is 408 g/mol. The van der Waals surface area contributed by atoms with Crippen molar-refractivity contribution >= 4 is 34.8 Å². The minimum absolute atomic E-state index is 0.148. The second kappa shape index (κ2) is 7.52. The van der Waals surface area contributed by atoms with Crippen molar-refractivity contribution < 1.29 is 4.52 Å². The number of hydrogen-bond acceptors (Lipinski definition) is 5. The maximum atomic E-state index is 12.2. The van der Waals surface area contributed by atoms with Gasteiger partial charge in [-0.25, -0.2) is 0 Å². The van der Waals surface area contributed by atoms with Gasteiger partial charge in [-0.1, -0.05) is 35.0 Å². The lowest BCUT2D eigenvalue weighted by Crippen LogP contribution is -2.37. The SMILES string of the molecule is CC(C)n1c(=O)c(=O)[nH]c2cc(-c3noc(C=Cc4ccccc4Cl)n3)ccc21. The number of aromatic amines is 1. The van der Waals surface area contributed by atoms with Crippen LogP contribution in [0.1, 0.15) is 31.3 Å². The van der Waals surface area contributed by atoms with Crippen LogP contribution in [-0.4, -0.2) is 19.7 Å². The number of hydrogen-bond donors (Lipinski definition) is 1. The highest BCUT2D eigenvalue weighted by atomic mass is 35.5. The topological polar surface area (TPSA) is 93.8 Å². The molecule has 0 saturated heterocycles. The van der Waals surface area contributed by atoms with Gasteiger partial charge in [-0.2, -0.15) is 4.98 Å². The van der Waals surface area contributed by atoms with Crippen LogP contribution >= 0.6 is 11.6 Å². The van der Waals surface area contributed by atoms with Crippen LogP contribution in [0.15, 0.2) is 56.6 Å². The predicted molar refractivity (Wildman–Crippen MR) is 113 cm³/mol. The van der Waals surface area contributed by atoms with Crippen molar-refractivity contribution in [2.75, 3.05) is 0 Å². The zero-order valence-corrected chi connectivity index (χ0v) is 16.5. The lowest BCUT2D eigenvalue weighted by molar-refractivity contribution is 0.411. The van der Waals surface area contributed by atoms with Gasteiger partial charge in [0.05, 0.1) is 11.0 Å². The van der Waals surface area contributed by atoms with E-state index in [4.69, 9.17) is 16.1 Å². The first-order valence-corrected chi connectivity index (χ1v) is 9.37. The number of rotatable bonds is 4. The molecule has 0 aliphatic heterocycles. The van der Waals surface area contributed by atoms with E-state index < -0.39 is 11.1 Å². The molecule has 4 aromatic rings. The molecule has 0 unspecified atom stereocenters. The number of nitrogens with zero attached hydrogens (tertiary/aromatic N) is 3. The van der Waals surface area contributed by atoms with E-state index in [9.17, 15) is 9.59 Å². The third kappa shape index (κ3) is 3.64. The Labute approximate surface area is 170 Å². The Morgan fingerprint density at radius 1 is 1.14 bits per heavy atom. The van der Waals surface area contributed by atoms with E-state index in [0.717, 1.165) is 5.56 Å². The zero-order chi connectivity index (χ0) is 20.5. The fraction of sp³-hybridized carbons (Fsp3) is 0.143. The summed E-state index contributed by atoms with van der Waals surface area (Å²) >= 11 is 6.13. The summed E-state index contributed by atoms with van der Waals surface area (Å²) in [4.78, 5) is 31.1. The van der Waals surface area contributed by atoms with Crippen LogP contribution in [0.2, 0.25) is 5.02 Å². The zero-order valence-electron chi connectivity index (χ0n) is 15.7. The van der Waals surface area contributed by atoms with Crippen LogP contribution in [0, 0.1) is 0 Å². The molecular formula is C21H17ClN4O3. The number of benzene rings is 2. The summed E-state index contributed by atoms with van der Waals surface area (Å²) in [6.45, 7) is 3.70. The van der Waals surface area contributed by atoms with Crippen molar-refractivity contribution in [3.8, 4) is 11.4 Å². The molecule has 0 spiro atoms. The second-order valence-electron chi connectivity index (χ2n) is 6.77. The third-order valence-corrected chi connectivity index (χ3v) is 4.79. The second-order valence-corrected chi connectivity index (χ2v) is 7.17. The van der Waals surface area contributed by atoms with Gasteiger partial charge in [0.15, 0.2) is 0 Å². The van der Waals surface area contributed by atoms with Crippen molar-refractivity contribution in [2.24, 2.45) is 0 Å². The van der Waals surface area contributed by atoms with E-state index in [0.29, 0.717) is 33.3 Å². The minimum atomic E-state index is -0.667. The molecule has 0 amide bonds. The highest BCUT2D eigenvalue weighted by molar-refractivity contribution is 6.32. The van der Waals surface area contributed by atoms with E-state index in [1.54, 1.807) is 36.4 Å². The number of nitrogens with one attached hydrogen (secondary N) is 1. The van der Waals surface area contributed by atoms with Gasteiger partial charge in [0.2, 0.25) is 5.82 Å². The third-order valence-electron chi connectivity index (χ3n) is 4.44. The van der Waals surface area contributed by atoms with Gasteiger partial charge in [0.25, 0.3) is 5.89 Å². The molecule has 0 aliphatic carbocycles. The van der Waals surface area contributed by atoms with E-state index >= 15 is 0 Å². The number of halogens is 1. The Morgan fingerprint density at radius 3 is 2.69 bits per heavy atom. The van der Waals surface area contributed by atoms with Gasteiger partial charge in [-0.3, -0.25) is 14.2 Å². The van der Waals surface area contributed by atoms with Gasteiger partial charge in [0, 0.05) is 22.7 Å². The molecule has 29 heavy (non-hydrogen) atoms. The molecule has 2 heterocycles. The normalized spacial score (nSPS) is 11.7. The Morgan fingerprint density at radius 2 is 1.93 bits per heavy atom. The minimum Gasteiger partial charge on any atom is -0.334 e. The molecule has 2 aromatic heterocycles. The van der Waals surface area contributed by atoms with Crippen molar-refractivity contribution in [3.63, 3.8) is 0 Å². The standard InChI is InChI=1S/C21H17ClN4O3/c1-12(2)26-17-9-7-14(11-16(17)23-20(27)21(26)28)19-24-18(29-25-19)10-8-13-5-3-4-6-15(13)22/h3-12H,1-2H3,(H,23,27). The van der Waals surface area contributed by atoms with Crippen LogP contribution in [0.4, 0.5) is 0 Å². The maximum Gasteiger partial charge on any atom is 0.316 e. The molecule has 2 aromatic carbocycles. The van der Waals surface area contributed by atoms with E-state index in [1.165, 1.54) is 4.57 Å². The smallest absolute Gasteiger partial charge is 0.316 e. The molecule has 0 aliphatic rings. The van der Waals surface area contributed by atoms with E-state index in [2.05, 4.69) is 15.1 Å². The first kappa shape index (κ1) is 18.9. The van der Waals surface area contributed by atoms with Gasteiger partial charge in [-0.05, 0) is 49.8 Å². The molecule has 0 fully saturated rings. The highest BCUT2D eigenvalue weighted by Gasteiger charge is 2.13. The molecule has 146 valence electrons. The molecule has 0 atom stereocenters. The molecule has 8 heteroatoms. The quantitative estimate of drug-likeness (QED) is 0.512. The highest BCUT2D eigenvalue weighted by Crippen LogP contribution is 2.22. The molecule has 0 radical (unpaired) electrons. The fourth-order valence-electron chi connectivity index (χ4n) is 3.08. The molecule has 1 N–H and O–H groups in total. The van der Waals surface area contributed by atoms with Crippen LogP contribution in [-0.2, 0) is 0 Å². The largest absolute Gasteiger partial charge is 0.334 e. The number of fused-ring (bicyclic) bond motifs is 1. The van der Waals surface area contributed by atoms with Crippen molar-refractivity contribution in [1.82, 2.24) is 19.7 Å². The Hall–Kier alpha value is -3.45. The Kier molecular flexibility index (Phi) is 4.90. The molecule has 4 rings (SSSR count). The van der Waals surface area contributed by atoms with Crippen molar-refractivity contribution in [2.45, 2.75) is 19.9 Å². The van der Waals surface area contributed by atoms with Crippen LogP contribution < -0.4 is 11.1 Å². The summed E-state index contributed by atoms with van der Waals surface area (Å²) in [5, 5.41) is 4.62. The molecular weight excluding hydrogens is 392 g/mol. The molecule has 7 nitrogen and oxygen atoms in total. The summed E-state index contributed by atoms with van der Waals surface area (Å²) in [7, 11) is 0. The number of H-pyrrole nitrogens is 1. The van der Waals surface area contributed by atoms with E-state index in [-0.39, 0.29) is 6.04 Å². The average molecular weight is 409 g/mol. The van der Waals surface area contributed by atoms with E-state index in [1.807, 2.05) is 32.0 Å². The van der Waals surface area contributed by atoms with Crippen LogP contribution in [0.3, 0.4) is 0 Å². The maximum absolute atomic E-state index is 12.2. The van der Waals surface area contributed by atoms with Crippen LogP contribution in [0.25, 0.3) is 34.6 Å². The predicted octanol–water partition coefficient (Wildman–Crippen LogP) is 4.14. The summed E-state index contributed by atoms with van der Waals surface area (Å²) in [5.41, 5.74) is 1.41. The van der Waals surface area contributed by atoms with Gasteiger partial charge in [-0.15, -0.1) is 0 Å². The first-order valence-electron chi connectivity index (χ1n) is 8.99. The Bertz CT molecular complexity index is 1350. The summed E-state index contributed by atoms with van der Waals surface area (Å²) in [5.74, 6) is 0.689.